The number of nitrogens with zero attached hydrogens (tertiary/aromatic N) is 4. The third-order valence-electron chi connectivity index (χ3n) is 4.85. The van der Waals surface area contributed by atoms with Crippen LogP contribution in [0.15, 0.2) is 41.6 Å². The van der Waals surface area contributed by atoms with E-state index < -0.39 is 0 Å². The number of amides is 1. The van der Waals surface area contributed by atoms with Crippen LogP contribution in [0, 0.1) is 0 Å². The number of anilines is 1. The van der Waals surface area contributed by atoms with E-state index >= 15 is 0 Å². The van der Waals surface area contributed by atoms with Gasteiger partial charge in [0.15, 0.2) is 5.82 Å². The number of nitrogens with one attached hydrogen (secondary N) is 2. The number of carbonyl (C=O) groups excluding carboxylic acids is 1. The van der Waals surface area contributed by atoms with Crippen LogP contribution in [0.3, 0.4) is 0 Å². The fourth-order valence-corrected chi connectivity index (χ4v) is 3.43. The van der Waals surface area contributed by atoms with Gasteiger partial charge in [-0.2, -0.15) is 5.10 Å². The SMILES string of the molecule is Cn1cc(C(=O)NC2CCN(c3cccnn3)CC2)c2cc[nH]c2c1=O. The first-order valence-electron chi connectivity index (χ1n) is 8.64. The fourth-order valence-electron chi connectivity index (χ4n) is 3.43. The molecule has 0 aliphatic carbocycles. The Morgan fingerprint density at radius 3 is 2.85 bits per heavy atom. The zero-order chi connectivity index (χ0) is 18.1. The highest BCUT2D eigenvalue weighted by Crippen LogP contribution is 2.18. The molecule has 1 fully saturated rings. The summed E-state index contributed by atoms with van der Waals surface area (Å²) in [5.41, 5.74) is 0.830. The molecule has 134 valence electrons. The van der Waals surface area contributed by atoms with Gasteiger partial charge in [0.2, 0.25) is 0 Å². The Labute approximate surface area is 149 Å². The van der Waals surface area contributed by atoms with Gasteiger partial charge in [0, 0.05) is 50.2 Å². The van der Waals surface area contributed by atoms with Crippen LogP contribution in [0.25, 0.3) is 10.9 Å². The van der Waals surface area contributed by atoms with E-state index in [1.54, 1.807) is 31.7 Å². The highest BCUT2D eigenvalue weighted by Gasteiger charge is 2.23. The summed E-state index contributed by atoms with van der Waals surface area (Å²) in [5, 5.41) is 11.8. The van der Waals surface area contributed by atoms with Gasteiger partial charge in [0.05, 0.1) is 5.56 Å². The first-order chi connectivity index (χ1) is 12.6. The number of pyridine rings is 1. The van der Waals surface area contributed by atoms with E-state index in [1.165, 1.54) is 4.57 Å². The van der Waals surface area contributed by atoms with Gasteiger partial charge < -0.3 is 19.8 Å². The predicted molar refractivity (Wildman–Crippen MR) is 98.3 cm³/mol. The average Bonchev–Trinajstić information content (AvgIpc) is 3.16. The predicted octanol–water partition coefficient (Wildman–Crippen LogP) is 1.06. The molecule has 8 heteroatoms. The van der Waals surface area contributed by atoms with Gasteiger partial charge in [0.1, 0.15) is 5.52 Å². The number of carbonyl (C=O) groups is 1. The van der Waals surface area contributed by atoms with Crippen LogP contribution in [0.4, 0.5) is 5.82 Å². The van der Waals surface area contributed by atoms with Gasteiger partial charge in [-0.05, 0) is 31.0 Å². The number of aromatic nitrogens is 4. The minimum Gasteiger partial charge on any atom is -0.357 e. The maximum absolute atomic E-state index is 12.8. The lowest BCUT2D eigenvalue weighted by atomic mass is 10.0. The summed E-state index contributed by atoms with van der Waals surface area (Å²) < 4.78 is 1.43. The Hall–Kier alpha value is -3.16. The molecule has 3 aromatic rings. The van der Waals surface area contributed by atoms with Crippen molar-refractivity contribution in [3.8, 4) is 0 Å². The Bertz CT molecular complexity index is 986. The highest BCUT2D eigenvalue weighted by molar-refractivity contribution is 6.06. The summed E-state index contributed by atoms with van der Waals surface area (Å²) in [6.07, 6.45) is 6.62. The third kappa shape index (κ3) is 2.94. The lowest BCUT2D eigenvalue weighted by Gasteiger charge is -2.32. The van der Waals surface area contributed by atoms with Gasteiger partial charge in [-0.1, -0.05) is 0 Å². The first-order valence-corrected chi connectivity index (χ1v) is 8.64. The van der Waals surface area contributed by atoms with Gasteiger partial charge >= 0.3 is 0 Å². The molecule has 4 rings (SSSR count). The molecule has 0 bridgehead atoms. The Morgan fingerprint density at radius 2 is 2.12 bits per heavy atom. The van der Waals surface area contributed by atoms with Gasteiger partial charge in [0.25, 0.3) is 11.5 Å². The molecule has 1 aliphatic rings. The maximum atomic E-state index is 12.8. The summed E-state index contributed by atoms with van der Waals surface area (Å²) >= 11 is 0. The average molecular weight is 352 g/mol. The summed E-state index contributed by atoms with van der Waals surface area (Å²) in [6.45, 7) is 1.63. The van der Waals surface area contributed by atoms with Crippen LogP contribution in [0.5, 0.6) is 0 Å². The van der Waals surface area contributed by atoms with Crippen molar-refractivity contribution >= 4 is 22.6 Å². The zero-order valence-corrected chi connectivity index (χ0v) is 14.5. The molecule has 1 saturated heterocycles. The van der Waals surface area contributed by atoms with Crippen LogP contribution >= 0.6 is 0 Å². The second-order valence-electron chi connectivity index (χ2n) is 6.54. The standard InChI is InChI=1S/C18H20N6O2/c1-23-11-14(13-4-8-19-16(13)18(23)26)17(25)21-12-5-9-24(10-6-12)15-3-2-7-20-22-15/h2-4,7-8,11-12,19H,5-6,9-10H2,1H3,(H,21,25). The van der Waals surface area contributed by atoms with Crippen molar-refractivity contribution in [3.63, 3.8) is 0 Å². The quantitative estimate of drug-likeness (QED) is 0.735. The minimum absolute atomic E-state index is 0.0987. The van der Waals surface area contributed by atoms with Crippen molar-refractivity contribution in [2.24, 2.45) is 7.05 Å². The van der Waals surface area contributed by atoms with Crippen LogP contribution in [0.2, 0.25) is 0 Å². The number of rotatable bonds is 3. The van der Waals surface area contributed by atoms with E-state index in [0.717, 1.165) is 31.7 Å². The number of piperidine rings is 1. The molecule has 0 unspecified atom stereocenters. The van der Waals surface area contributed by atoms with E-state index in [2.05, 4.69) is 25.4 Å². The van der Waals surface area contributed by atoms with Crippen molar-refractivity contribution in [1.29, 1.82) is 0 Å². The van der Waals surface area contributed by atoms with Crippen LogP contribution in [0.1, 0.15) is 23.2 Å². The Kier molecular flexibility index (Phi) is 4.16. The molecule has 0 atom stereocenters. The van der Waals surface area contributed by atoms with Crippen molar-refractivity contribution in [1.82, 2.24) is 25.1 Å². The molecular weight excluding hydrogens is 332 g/mol. The largest absolute Gasteiger partial charge is 0.357 e. The molecule has 3 aromatic heterocycles. The molecule has 4 heterocycles. The van der Waals surface area contributed by atoms with E-state index in [1.807, 2.05) is 12.1 Å². The van der Waals surface area contributed by atoms with E-state index in [-0.39, 0.29) is 17.5 Å². The molecule has 0 aromatic carbocycles. The fraction of sp³-hybridized carbons (Fsp3) is 0.333. The Morgan fingerprint density at radius 1 is 1.31 bits per heavy atom. The van der Waals surface area contributed by atoms with Crippen molar-refractivity contribution < 1.29 is 4.79 Å². The second kappa shape index (κ2) is 6.62. The van der Waals surface area contributed by atoms with Gasteiger partial charge in [-0.3, -0.25) is 9.59 Å². The number of H-pyrrole nitrogens is 1. The molecule has 0 saturated carbocycles. The third-order valence-corrected chi connectivity index (χ3v) is 4.85. The number of aromatic amines is 1. The molecule has 0 radical (unpaired) electrons. The van der Waals surface area contributed by atoms with Crippen LogP contribution in [-0.2, 0) is 7.05 Å². The monoisotopic (exact) mass is 352 g/mol. The molecule has 0 spiro atoms. The van der Waals surface area contributed by atoms with E-state index in [4.69, 9.17) is 0 Å². The first kappa shape index (κ1) is 16.3. The summed E-state index contributed by atoms with van der Waals surface area (Å²) in [6, 6.07) is 5.68. The van der Waals surface area contributed by atoms with Gasteiger partial charge in [-0.25, -0.2) is 0 Å². The van der Waals surface area contributed by atoms with E-state index in [0.29, 0.717) is 16.5 Å². The molecule has 2 N–H and O–H groups in total. The van der Waals surface area contributed by atoms with E-state index in [9.17, 15) is 9.59 Å². The number of aryl methyl sites for hydroxylation is 1. The summed E-state index contributed by atoms with van der Waals surface area (Å²) in [5.74, 6) is 0.715. The van der Waals surface area contributed by atoms with Crippen LogP contribution in [-0.4, -0.2) is 44.8 Å². The van der Waals surface area contributed by atoms with Crippen molar-refractivity contribution in [2.45, 2.75) is 18.9 Å². The summed E-state index contributed by atoms with van der Waals surface area (Å²) in [4.78, 5) is 30.0. The minimum atomic E-state index is -0.150. The second-order valence-corrected chi connectivity index (χ2v) is 6.54. The molecular formula is C18H20N6O2. The number of hydrogen-bond donors (Lipinski definition) is 2. The molecule has 1 amide bonds. The topological polar surface area (TPSA) is 95.9 Å². The molecule has 26 heavy (non-hydrogen) atoms. The normalized spacial score (nSPS) is 15.3. The van der Waals surface area contributed by atoms with Crippen molar-refractivity contribution in [2.75, 3.05) is 18.0 Å². The Balaban J connectivity index is 1.46. The number of fused-ring (bicyclic) bond motifs is 1. The lowest BCUT2D eigenvalue weighted by molar-refractivity contribution is 0.0932. The lowest BCUT2D eigenvalue weighted by Crippen LogP contribution is -2.45. The van der Waals surface area contributed by atoms with Crippen molar-refractivity contribution in [3.05, 3.63) is 52.7 Å². The zero-order valence-electron chi connectivity index (χ0n) is 14.5. The van der Waals surface area contributed by atoms with Crippen LogP contribution < -0.4 is 15.8 Å². The van der Waals surface area contributed by atoms with Gasteiger partial charge in [-0.15, -0.1) is 5.10 Å². The molecule has 8 nitrogen and oxygen atoms in total. The molecule has 1 aliphatic heterocycles. The maximum Gasteiger partial charge on any atom is 0.274 e. The summed E-state index contributed by atoms with van der Waals surface area (Å²) in [7, 11) is 1.65. The smallest absolute Gasteiger partial charge is 0.274 e. The highest BCUT2D eigenvalue weighted by atomic mass is 16.2. The number of hydrogen-bond acceptors (Lipinski definition) is 5.